The lowest BCUT2D eigenvalue weighted by atomic mass is 10.3. The number of nitrogens with zero attached hydrogens (tertiary/aromatic N) is 1. The van der Waals surface area contributed by atoms with Crippen LogP contribution in [0.5, 0.6) is 0 Å². The summed E-state index contributed by atoms with van der Waals surface area (Å²) < 4.78 is 23.0. The van der Waals surface area contributed by atoms with E-state index in [1.54, 1.807) is 6.07 Å². The fourth-order valence-electron chi connectivity index (χ4n) is 1.95. The molecular formula is C12H10FNO3. The van der Waals surface area contributed by atoms with Crippen LogP contribution in [-0.2, 0) is 9.53 Å². The molecule has 4 nitrogen and oxygen atoms in total. The Balaban J connectivity index is 1.90. The van der Waals surface area contributed by atoms with Crippen molar-refractivity contribution in [2.45, 2.75) is 12.3 Å². The van der Waals surface area contributed by atoms with Crippen molar-refractivity contribution in [3.8, 4) is 0 Å². The number of rotatable bonds is 2. The van der Waals surface area contributed by atoms with Crippen molar-refractivity contribution in [1.29, 1.82) is 0 Å². The number of fused-ring (bicyclic) bond motifs is 1. The molecule has 1 saturated carbocycles. The second-order valence-electron chi connectivity index (χ2n) is 4.14. The van der Waals surface area contributed by atoms with E-state index in [0.29, 0.717) is 23.4 Å². The van der Waals surface area contributed by atoms with Crippen molar-refractivity contribution in [3.05, 3.63) is 29.9 Å². The largest absolute Gasteiger partial charge is 0.469 e. The lowest BCUT2D eigenvalue weighted by molar-refractivity contribution is -0.142. The van der Waals surface area contributed by atoms with Gasteiger partial charge in [-0.1, -0.05) is 0 Å². The molecule has 17 heavy (non-hydrogen) atoms. The van der Waals surface area contributed by atoms with E-state index in [0.717, 1.165) is 0 Å². The van der Waals surface area contributed by atoms with E-state index in [9.17, 15) is 9.18 Å². The van der Waals surface area contributed by atoms with Gasteiger partial charge in [0.05, 0.1) is 13.0 Å². The van der Waals surface area contributed by atoms with Gasteiger partial charge in [-0.25, -0.2) is 9.37 Å². The Morgan fingerprint density at radius 2 is 2.41 bits per heavy atom. The molecule has 0 spiro atoms. The van der Waals surface area contributed by atoms with Crippen LogP contribution in [-0.4, -0.2) is 18.1 Å². The predicted molar refractivity (Wildman–Crippen MR) is 56.8 cm³/mol. The van der Waals surface area contributed by atoms with Crippen LogP contribution in [0.4, 0.5) is 4.39 Å². The molecule has 3 rings (SSSR count). The molecule has 88 valence electrons. The summed E-state index contributed by atoms with van der Waals surface area (Å²) in [6.07, 6.45) is 0.683. The number of ether oxygens (including phenoxy) is 1. The minimum atomic E-state index is -0.361. The third-order valence-electron chi connectivity index (χ3n) is 2.98. The molecule has 0 bridgehead atoms. The fraction of sp³-hybridized carbons (Fsp3) is 0.333. The maximum atomic E-state index is 13.0. The van der Waals surface area contributed by atoms with Crippen molar-refractivity contribution >= 4 is 17.1 Å². The monoisotopic (exact) mass is 235 g/mol. The van der Waals surface area contributed by atoms with Gasteiger partial charge in [0.2, 0.25) is 0 Å². The molecule has 5 heteroatoms. The number of methoxy groups -OCH3 is 1. The molecule has 2 aromatic rings. The van der Waals surface area contributed by atoms with E-state index in [-0.39, 0.29) is 23.6 Å². The van der Waals surface area contributed by atoms with Gasteiger partial charge in [0.1, 0.15) is 11.3 Å². The van der Waals surface area contributed by atoms with Crippen molar-refractivity contribution in [2.24, 2.45) is 5.92 Å². The highest BCUT2D eigenvalue weighted by atomic mass is 19.1. The van der Waals surface area contributed by atoms with Gasteiger partial charge >= 0.3 is 5.97 Å². The molecule has 0 unspecified atom stereocenters. The Bertz CT molecular complexity index is 592. The van der Waals surface area contributed by atoms with Gasteiger partial charge in [-0.15, -0.1) is 0 Å². The number of esters is 1. The zero-order valence-electron chi connectivity index (χ0n) is 9.14. The van der Waals surface area contributed by atoms with Gasteiger partial charge in [0, 0.05) is 12.0 Å². The summed E-state index contributed by atoms with van der Waals surface area (Å²) in [5.74, 6) is -0.319. The van der Waals surface area contributed by atoms with Gasteiger partial charge in [0.25, 0.3) is 0 Å². The lowest BCUT2D eigenvalue weighted by Crippen LogP contribution is -2.03. The van der Waals surface area contributed by atoms with E-state index in [2.05, 4.69) is 9.72 Å². The number of aromatic nitrogens is 1. The smallest absolute Gasteiger partial charge is 0.309 e. The molecule has 0 N–H and O–H groups in total. The first kappa shape index (κ1) is 10.3. The molecule has 0 radical (unpaired) electrons. The fourth-order valence-corrected chi connectivity index (χ4v) is 1.95. The quantitative estimate of drug-likeness (QED) is 0.749. The summed E-state index contributed by atoms with van der Waals surface area (Å²) in [5, 5.41) is 0. The zero-order valence-corrected chi connectivity index (χ0v) is 9.14. The average molecular weight is 235 g/mol. The minimum absolute atomic E-state index is 0.0297. The number of halogens is 1. The zero-order chi connectivity index (χ0) is 12.0. The lowest BCUT2D eigenvalue weighted by Gasteiger charge is -1.94. The van der Waals surface area contributed by atoms with Gasteiger partial charge < -0.3 is 9.15 Å². The van der Waals surface area contributed by atoms with Crippen molar-refractivity contribution in [2.75, 3.05) is 7.11 Å². The number of carbonyl (C=O) groups excluding carboxylic acids is 1. The molecule has 0 amide bonds. The van der Waals surface area contributed by atoms with Gasteiger partial charge in [0.15, 0.2) is 11.5 Å². The number of hydrogen-bond acceptors (Lipinski definition) is 4. The maximum absolute atomic E-state index is 13.0. The van der Waals surface area contributed by atoms with Crippen molar-refractivity contribution in [1.82, 2.24) is 4.98 Å². The highest BCUT2D eigenvalue weighted by Crippen LogP contribution is 2.48. The summed E-state index contributed by atoms with van der Waals surface area (Å²) >= 11 is 0. The van der Waals surface area contributed by atoms with Gasteiger partial charge in [-0.05, 0) is 18.6 Å². The SMILES string of the molecule is COC(=O)[C@H]1C[C@@H]1c1nc2ccc(F)cc2o1. The third kappa shape index (κ3) is 1.67. The number of carbonyl (C=O) groups is 1. The van der Waals surface area contributed by atoms with Crippen LogP contribution in [0.25, 0.3) is 11.1 Å². The van der Waals surface area contributed by atoms with Crippen LogP contribution in [0.15, 0.2) is 22.6 Å². The van der Waals surface area contributed by atoms with E-state index in [4.69, 9.17) is 4.42 Å². The first-order valence-electron chi connectivity index (χ1n) is 5.33. The summed E-state index contributed by atoms with van der Waals surface area (Å²) in [4.78, 5) is 15.5. The van der Waals surface area contributed by atoms with Crippen LogP contribution in [0, 0.1) is 11.7 Å². The predicted octanol–water partition coefficient (Wildman–Crippen LogP) is 2.24. The molecule has 1 aliphatic rings. The minimum Gasteiger partial charge on any atom is -0.469 e. The van der Waals surface area contributed by atoms with E-state index >= 15 is 0 Å². The summed E-state index contributed by atoms with van der Waals surface area (Å²) in [5.41, 5.74) is 1.02. The van der Waals surface area contributed by atoms with Crippen LogP contribution in [0.2, 0.25) is 0 Å². The Morgan fingerprint density at radius 1 is 1.59 bits per heavy atom. The first-order chi connectivity index (χ1) is 8.19. The van der Waals surface area contributed by atoms with E-state index in [1.807, 2.05) is 0 Å². The molecule has 1 aliphatic carbocycles. The normalized spacial score (nSPS) is 22.7. The highest BCUT2D eigenvalue weighted by Gasteiger charge is 2.48. The molecule has 0 saturated heterocycles. The molecule has 1 aromatic carbocycles. The van der Waals surface area contributed by atoms with Crippen LogP contribution in [0.1, 0.15) is 18.2 Å². The van der Waals surface area contributed by atoms with Gasteiger partial charge in [-0.2, -0.15) is 0 Å². The Hall–Kier alpha value is -1.91. The molecule has 1 heterocycles. The molecule has 2 atom stereocenters. The van der Waals surface area contributed by atoms with E-state index < -0.39 is 0 Å². The molecular weight excluding hydrogens is 225 g/mol. The standard InChI is InChI=1S/C12H10FNO3/c1-16-12(15)8-5-7(8)11-14-9-3-2-6(13)4-10(9)17-11/h2-4,7-8H,5H2,1H3/t7-,8-/m0/s1. The second-order valence-corrected chi connectivity index (χ2v) is 4.14. The van der Waals surface area contributed by atoms with Crippen molar-refractivity contribution < 1.29 is 18.3 Å². The van der Waals surface area contributed by atoms with Crippen molar-refractivity contribution in [3.63, 3.8) is 0 Å². The maximum Gasteiger partial charge on any atom is 0.309 e. The summed E-state index contributed by atoms with van der Waals surface area (Å²) in [6, 6.07) is 4.19. The molecule has 1 fully saturated rings. The van der Waals surface area contributed by atoms with Gasteiger partial charge in [-0.3, -0.25) is 4.79 Å². The number of hydrogen-bond donors (Lipinski definition) is 0. The Morgan fingerprint density at radius 3 is 3.18 bits per heavy atom. The Labute approximate surface area is 96.4 Å². The number of oxazole rings is 1. The van der Waals surface area contributed by atoms with Crippen LogP contribution in [0.3, 0.4) is 0 Å². The van der Waals surface area contributed by atoms with Crippen LogP contribution >= 0.6 is 0 Å². The second kappa shape index (κ2) is 3.55. The average Bonchev–Trinajstić information content (AvgIpc) is 3.02. The number of benzene rings is 1. The summed E-state index contributed by atoms with van der Waals surface area (Å²) in [6.45, 7) is 0. The molecule has 0 aliphatic heterocycles. The Kier molecular flexibility index (Phi) is 2.14. The highest BCUT2D eigenvalue weighted by molar-refractivity contribution is 5.77. The topological polar surface area (TPSA) is 52.3 Å². The first-order valence-corrected chi connectivity index (χ1v) is 5.33. The third-order valence-corrected chi connectivity index (χ3v) is 2.98. The summed E-state index contributed by atoms with van der Waals surface area (Å²) in [7, 11) is 1.36. The van der Waals surface area contributed by atoms with E-state index in [1.165, 1.54) is 19.2 Å². The molecule has 1 aromatic heterocycles. The van der Waals surface area contributed by atoms with Crippen LogP contribution < -0.4 is 0 Å².